The molecule has 0 saturated carbocycles. The van der Waals surface area contributed by atoms with E-state index >= 15 is 0 Å². The molecule has 1 aromatic carbocycles. The average Bonchev–Trinajstić information content (AvgIpc) is 2.99. The second-order valence-electron chi connectivity index (χ2n) is 4.58. The van der Waals surface area contributed by atoms with Gasteiger partial charge < -0.3 is 25.0 Å². The number of nitrogens with one attached hydrogen (secondary N) is 2. The third-order valence-corrected chi connectivity index (χ3v) is 3.22. The Morgan fingerprint density at radius 1 is 1.12 bits per heavy atom. The fourth-order valence-corrected chi connectivity index (χ4v) is 2.05. The Hall–Kier alpha value is -2.87. The summed E-state index contributed by atoms with van der Waals surface area (Å²) < 4.78 is 5.48. The fraction of sp³-hybridized carbons (Fsp3) is 0.0625. The first-order chi connectivity index (χ1) is 11.5. The van der Waals surface area contributed by atoms with Gasteiger partial charge >= 0.3 is 0 Å². The number of furan rings is 1. The van der Waals surface area contributed by atoms with Crippen LogP contribution in [0.1, 0.15) is 16.1 Å². The lowest BCUT2D eigenvalue weighted by Gasteiger charge is -2.10. The molecule has 0 unspecified atom stereocenters. The van der Waals surface area contributed by atoms with Crippen LogP contribution in [0, 0.1) is 0 Å². The van der Waals surface area contributed by atoms with E-state index in [1.165, 1.54) is 18.2 Å². The second kappa shape index (κ2) is 8.11. The van der Waals surface area contributed by atoms with Crippen LogP contribution in [-0.4, -0.2) is 24.3 Å². The Kier molecular flexibility index (Phi) is 5.91. The highest BCUT2D eigenvalue weighted by Crippen LogP contribution is 2.14. The lowest BCUT2D eigenvalue weighted by Crippen LogP contribution is -2.41. The number of hydrogen-bond acceptors (Lipinski definition) is 5. The molecule has 0 radical (unpaired) electrons. The van der Waals surface area contributed by atoms with Crippen LogP contribution in [0.5, 0.6) is 0 Å². The summed E-state index contributed by atoms with van der Waals surface area (Å²) in [5.41, 5.74) is 0.525. The van der Waals surface area contributed by atoms with Gasteiger partial charge in [0.1, 0.15) is 5.70 Å². The first-order valence-corrected chi connectivity index (χ1v) is 7.56. The van der Waals surface area contributed by atoms with E-state index in [2.05, 4.69) is 26.6 Å². The van der Waals surface area contributed by atoms with E-state index in [0.29, 0.717) is 10.2 Å². The number of hydrogen-bond donors (Lipinski definition) is 2. The minimum atomic E-state index is -1.44. The van der Waals surface area contributed by atoms with E-state index in [-0.39, 0.29) is 11.5 Å². The third-order valence-electron chi connectivity index (χ3n) is 2.79. The van der Waals surface area contributed by atoms with Crippen LogP contribution in [0.15, 0.2) is 57.2 Å². The molecule has 0 bridgehead atoms. The molecule has 0 saturated heterocycles. The van der Waals surface area contributed by atoms with E-state index in [9.17, 15) is 19.5 Å². The molecule has 0 spiro atoms. The molecule has 2 rings (SSSR count). The second-order valence-corrected chi connectivity index (χ2v) is 5.36. The quantitative estimate of drug-likeness (QED) is 0.703. The molecule has 1 aromatic heterocycles. The standard InChI is InChI=1S/C16H13BrN2O5/c17-13-7-6-12(24-13)16(23)19-11(15(22)18-9-14(20)21)8-10-4-2-1-3-5-10/h1-8H,9H2,(H,18,22)(H,19,23)(H,20,21)/p-1/b11-8-. The van der Waals surface area contributed by atoms with E-state index in [0.717, 1.165) is 0 Å². The largest absolute Gasteiger partial charge is 0.548 e. The number of carboxylic acid groups (broad SMARTS) is 1. The molecular weight excluding hydrogens is 380 g/mol. The van der Waals surface area contributed by atoms with Gasteiger partial charge in [-0.1, -0.05) is 30.3 Å². The Balaban J connectivity index is 2.22. The van der Waals surface area contributed by atoms with Gasteiger partial charge in [-0.05, 0) is 39.7 Å². The van der Waals surface area contributed by atoms with E-state index in [1.54, 1.807) is 30.3 Å². The maximum absolute atomic E-state index is 12.1. The Morgan fingerprint density at radius 3 is 2.42 bits per heavy atom. The van der Waals surface area contributed by atoms with Crippen molar-refractivity contribution in [1.29, 1.82) is 0 Å². The summed E-state index contributed by atoms with van der Waals surface area (Å²) in [5, 5.41) is 15.0. The zero-order valence-corrected chi connectivity index (χ0v) is 13.8. The van der Waals surface area contributed by atoms with Gasteiger partial charge in [-0.2, -0.15) is 0 Å². The van der Waals surface area contributed by atoms with Gasteiger partial charge in [-0.25, -0.2) is 0 Å². The third kappa shape index (κ3) is 5.10. The SMILES string of the molecule is O=C([O-])CNC(=O)/C(=C/c1ccccc1)NC(=O)c1ccc(Br)o1. The zero-order valence-electron chi connectivity index (χ0n) is 12.2. The van der Waals surface area contributed by atoms with Gasteiger partial charge in [-0.3, -0.25) is 9.59 Å². The molecule has 7 nitrogen and oxygen atoms in total. The smallest absolute Gasteiger partial charge is 0.291 e. The first kappa shape index (κ1) is 17.5. The van der Waals surface area contributed by atoms with Crippen LogP contribution < -0.4 is 15.7 Å². The van der Waals surface area contributed by atoms with Crippen molar-refractivity contribution in [3.63, 3.8) is 0 Å². The number of carbonyl (C=O) groups is 3. The molecule has 2 aromatic rings. The molecule has 0 fully saturated rings. The minimum absolute atomic E-state index is 0.00598. The molecule has 24 heavy (non-hydrogen) atoms. The number of rotatable bonds is 6. The highest BCUT2D eigenvalue weighted by Gasteiger charge is 2.16. The van der Waals surface area contributed by atoms with Gasteiger partial charge in [0.15, 0.2) is 10.4 Å². The number of amides is 2. The molecule has 1 heterocycles. The minimum Gasteiger partial charge on any atom is -0.548 e. The summed E-state index contributed by atoms with van der Waals surface area (Å²) in [6.07, 6.45) is 1.42. The Labute approximate surface area is 145 Å². The van der Waals surface area contributed by atoms with Crippen LogP contribution in [-0.2, 0) is 9.59 Å². The molecule has 8 heteroatoms. The Morgan fingerprint density at radius 2 is 1.83 bits per heavy atom. The summed E-state index contributed by atoms with van der Waals surface area (Å²) in [6, 6.07) is 11.7. The van der Waals surface area contributed by atoms with Gasteiger partial charge in [0.2, 0.25) is 0 Å². The molecule has 124 valence electrons. The number of carboxylic acids is 1. The number of benzene rings is 1. The van der Waals surface area contributed by atoms with Crippen LogP contribution in [0.3, 0.4) is 0 Å². The van der Waals surface area contributed by atoms with Crippen molar-refractivity contribution in [2.24, 2.45) is 0 Å². The van der Waals surface area contributed by atoms with E-state index in [4.69, 9.17) is 4.42 Å². The van der Waals surface area contributed by atoms with Crippen LogP contribution in [0.4, 0.5) is 0 Å². The molecular formula is C16H12BrN2O5-. The number of halogens is 1. The summed E-state index contributed by atoms with van der Waals surface area (Å²) >= 11 is 3.08. The normalized spacial score (nSPS) is 11.0. The Bertz CT molecular complexity index is 783. The van der Waals surface area contributed by atoms with Crippen molar-refractivity contribution in [1.82, 2.24) is 10.6 Å². The van der Waals surface area contributed by atoms with Crippen LogP contribution in [0.25, 0.3) is 6.08 Å². The monoisotopic (exact) mass is 391 g/mol. The molecule has 0 aliphatic rings. The van der Waals surface area contributed by atoms with Crippen LogP contribution in [0.2, 0.25) is 0 Å². The fourth-order valence-electron chi connectivity index (χ4n) is 1.74. The van der Waals surface area contributed by atoms with Crippen molar-refractivity contribution in [2.45, 2.75) is 0 Å². The highest BCUT2D eigenvalue weighted by atomic mass is 79.9. The predicted octanol–water partition coefficient (Wildman–Crippen LogP) is 0.679. The molecule has 0 aliphatic carbocycles. The molecule has 2 amide bonds. The van der Waals surface area contributed by atoms with Crippen molar-refractivity contribution < 1.29 is 23.9 Å². The zero-order chi connectivity index (χ0) is 17.5. The summed E-state index contributed by atoms with van der Waals surface area (Å²) in [4.78, 5) is 34.7. The molecule has 0 atom stereocenters. The molecule has 2 N–H and O–H groups in total. The number of aliphatic carboxylic acids is 1. The van der Waals surface area contributed by atoms with Gasteiger partial charge in [0.05, 0.1) is 12.5 Å². The maximum atomic E-state index is 12.1. The van der Waals surface area contributed by atoms with Crippen molar-refractivity contribution >= 4 is 39.8 Å². The highest BCUT2D eigenvalue weighted by molar-refractivity contribution is 9.10. The van der Waals surface area contributed by atoms with E-state index < -0.39 is 24.3 Å². The van der Waals surface area contributed by atoms with Gasteiger partial charge in [-0.15, -0.1) is 0 Å². The lowest BCUT2D eigenvalue weighted by molar-refractivity contribution is -0.303. The topological polar surface area (TPSA) is 111 Å². The summed E-state index contributed by atoms with van der Waals surface area (Å²) in [7, 11) is 0. The molecule has 0 aliphatic heterocycles. The summed E-state index contributed by atoms with van der Waals surface area (Å²) in [6.45, 7) is -0.673. The van der Waals surface area contributed by atoms with Gasteiger partial charge in [0, 0.05) is 0 Å². The van der Waals surface area contributed by atoms with E-state index in [1.807, 2.05) is 0 Å². The van der Waals surface area contributed by atoms with Crippen molar-refractivity contribution in [3.8, 4) is 0 Å². The first-order valence-electron chi connectivity index (χ1n) is 6.77. The summed E-state index contributed by atoms with van der Waals surface area (Å²) in [5.74, 6) is -2.86. The predicted molar refractivity (Wildman–Crippen MR) is 86.3 cm³/mol. The van der Waals surface area contributed by atoms with Crippen LogP contribution >= 0.6 is 15.9 Å². The number of carbonyl (C=O) groups excluding carboxylic acids is 3. The average molecular weight is 392 g/mol. The van der Waals surface area contributed by atoms with Crippen molar-refractivity contribution in [2.75, 3.05) is 6.54 Å². The lowest BCUT2D eigenvalue weighted by atomic mass is 10.2. The van der Waals surface area contributed by atoms with Crippen molar-refractivity contribution in [3.05, 3.63) is 64.2 Å². The van der Waals surface area contributed by atoms with Gasteiger partial charge in [0.25, 0.3) is 11.8 Å². The maximum Gasteiger partial charge on any atom is 0.291 e.